The first-order valence-electron chi connectivity index (χ1n) is 5.59. The number of carboxylic acids is 1. The predicted molar refractivity (Wildman–Crippen MR) is 61.3 cm³/mol. The largest absolute Gasteiger partial charge is 0.480 e. The SMILES string of the molecule is CCCNC(CCn1nccc1C)C(=O)O. The molecular formula is C11H19N3O2. The van der Waals surface area contributed by atoms with E-state index >= 15 is 0 Å². The molecule has 0 saturated heterocycles. The summed E-state index contributed by atoms with van der Waals surface area (Å²) < 4.78 is 1.82. The van der Waals surface area contributed by atoms with Gasteiger partial charge in [0.05, 0.1) is 0 Å². The maximum atomic E-state index is 11.0. The second-order valence-corrected chi connectivity index (χ2v) is 3.83. The Morgan fingerprint density at radius 2 is 2.44 bits per heavy atom. The molecule has 0 aliphatic carbocycles. The number of rotatable bonds is 7. The van der Waals surface area contributed by atoms with Gasteiger partial charge in [-0.2, -0.15) is 5.10 Å². The number of carbonyl (C=O) groups is 1. The average Bonchev–Trinajstić information content (AvgIpc) is 2.64. The lowest BCUT2D eigenvalue weighted by atomic mass is 10.2. The van der Waals surface area contributed by atoms with Gasteiger partial charge in [-0.05, 0) is 32.4 Å². The van der Waals surface area contributed by atoms with Crippen molar-refractivity contribution in [3.05, 3.63) is 18.0 Å². The van der Waals surface area contributed by atoms with Crippen molar-refractivity contribution in [2.45, 2.75) is 39.3 Å². The highest BCUT2D eigenvalue weighted by Crippen LogP contribution is 2.01. The van der Waals surface area contributed by atoms with Crippen molar-refractivity contribution in [2.75, 3.05) is 6.54 Å². The van der Waals surface area contributed by atoms with Gasteiger partial charge in [0.2, 0.25) is 0 Å². The predicted octanol–water partition coefficient (Wildman–Crippen LogP) is 1.03. The topological polar surface area (TPSA) is 67.2 Å². The Balaban J connectivity index is 2.44. The Morgan fingerprint density at radius 3 is 2.94 bits per heavy atom. The molecule has 2 N–H and O–H groups in total. The lowest BCUT2D eigenvalue weighted by molar-refractivity contribution is -0.139. The van der Waals surface area contributed by atoms with Crippen LogP contribution in [0.4, 0.5) is 0 Å². The van der Waals surface area contributed by atoms with Crippen molar-refractivity contribution in [2.24, 2.45) is 0 Å². The van der Waals surface area contributed by atoms with Gasteiger partial charge in [-0.15, -0.1) is 0 Å². The van der Waals surface area contributed by atoms with Gasteiger partial charge < -0.3 is 10.4 Å². The van der Waals surface area contributed by atoms with Crippen molar-refractivity contribution in [1.82, 2.24) is 15.1 Å². The molecule has 0 amide bonds. The van der Waals surface area contributed by atoms with Crippen LogP contribution in [0.1, 0.15) is 25.5 Å². The normalized spacial score (nSPS) is 12.6. The molecule has 1 aromatic heterocycles. The van der Waals surface area contributed by atoms with E-state index in [9.17, 15) is 4.79 Å². The Hall–Kier alpha value is -1.36. The van der Waals surface area contributed by atoms with Crippen molar-refractivity contribution < 1.29 is 9.90 Å². The van der Waals surface area contributed by atoms with E-state index in [4.69, 9.17) is 5.11 Å². The van der Waals surface area contributed by atoms with Crippen LogP contribution < -0.4 is 5.32 Å². The fourth-order valence-electron chi connectivity index (χ4n) is 1.52. The summed E-state index contributed by atoms with van der Waals surface area (Å²) in [5, 5.41) is 16.1. The minimum atomic E-state index is -0.793. The van der Waals surface area contributed by atoms with Crippen LogP contribution in [-0.2, 0) is 11.3 Å². The van der Waals surface area contributed by atoms with Crippen molar-refractivity contribution in [3.63, 3.8) is 0 Å². The fraction of sp³-hybridized carbons (Fsp3) is 0.636. The van der Waals surface area contributed by atoms with E-state index < -0.39 is 12.0 Å². The summed E-state index contributed by atoms with van der Waals surface area (Å²) in [7, 11) is 0. The Kier molecular flexibility index (Phi) is 4.98. The molecule has 0 aromatic carbocycles. The molecule has 1 heterocycles. The first-order chi connectivity index (χ1) is 7.65. The standard InChI is InChI=1S/C11H19N3O2/c1-3-6-12-10(11(15)16)5-8-14-9(2)4-7-13-14/h4,7,10,12H,3,5-6,8H2,1-2H3,(H,15,16). The van der Waals surface area contributed by atoms with E-state index in [1.807, 2.05) is 24.6 Å². The lowest BCUT2D eigenvalue weighted by Crippen LogP contribution is -2.38. The van der Waals surface area contributed by atoms with Crippen LogP contribution in [0.5, 0.6) is 0 Å². The van der Waals surface area contributed by atoms with Gasteiger partial charge in [0.25, 0.3) is 0 Å². The van der Waals surface area contributed by atoms with Crippen LogP contribution in [0.25, 0.3) is 0 Å². The molecule has 1 rings (SSSR count). The van der Waals surface area contributed by atoms with E-state index in [-0.39, 0.29) is 0 Å². The first-order valence-corrected chi connectivity index (χ1v) is 5.59. The third-order valence-corrected chi connectivity index (χ3v) is 2.50. The van der Waals surface area contributed by atoms with Crippen LogP contribution in [0.15, 0.2) is 12.3 Å². The van der Waals surface area contributed by atoms with Crippen molar-refractivity contribution >= 4 is 5.97 Å². The van der Waals surface area contributed by atoms with E-state index in [2.05, 4.69) is 10.4 Å². The number of hydrogen-bond acceptors (Lipinski definition) is 3. The molecule has 0 saturated carbocycles. The highest BCUT2D eigenvalue weighted by Gasteiger charge is 2.16. The number of nitrogens with one attached hydrogen (secondary N) is 1. The highest BCUT2D eigenvalue weighted by atomic mass is 16.4. The van der Waals surface area contributed by atoms with Gasteiger partial charge in [-0.25, -0.2) is 0 Å². The maximum absolute atomic E-state index is 11.0. The second-order valence-electron chi connectivity index (χ2n) is 3.83. The van der Waals surface area contributed by atoms with Gasteiger partial charge >= 0.3 is 5.97 Å². The minimum Gasteiger partial charge on any atom is -0.480 e. The molecule has 5 nitrogen and oxygen atoms in total. The number of carboxylic acid groups (broad SMARTS) is 1. The molecule has 1 atom stereocenters. The third-order valence-electron chi connectivity index (χ3n) is 2.50. The summed E-state index contributed by atoms with van der Waals surface area (Å²) in [6.45, 7) is 5.34. The zero-order valence-corrected chi connectivity index (χ0v) is 9.81. The van der Waals surface area contributed by atoms with Crippen LogP contribution in [0, 0.1) is 6.92 Å². The van der Waals surface area contributed by atoms with Crippen molar-refractivity contribution in [1.29, 1.82) is 0 Å². The Bertz CT molecular complexity index is 336. The molecule has 0 fully saturated rings. The summed E-state index contributed by atoms with van der Waals surface area (Å²) in [6.07, 6.45) is 3.22. The number of hydrogen-bond donors (Lipinski definition) is 2. The van der Waals surface area contributed by atoms with Crippen molar-refractivity contribution in [3.8, 4) is 0 Å². The van der Waals surface area contributed by atoms with Crippen LogP contribution in [0.2, 0.25) is 0 Å². The smallest absolute Gasteiger partial charge is 0.320 e. The minimum absolute atomic E-state index is 0.483. The highest BCUT2D eigenvalue weighted by molar-refractivity contribution is 5.73. The van der Waals surface area contributed by atoms with E-state index in [0.29, 0.717) is 13.0 Å². The molecular weight excluding hydrogens is 206 g/mol. The molecule has 0 radical (unpaired) electrons. The van der Waals surface area contributed by atoms with E-state index in [1.54, 1.807) is 6.20 Å². The molecule has 0 spiro atoms. The van der Waals surface area contributed by atoms with E-state index in [1.165, 1.54) is 0 Å². The lowest BCUT2D eigenvalue weighted by Gasteiger charge is -2.14. The monoisotopic (exact) mass is 225 g/mol. The van der Waals surface area contributed by atoms with Crippen LogP contribution >= 0.6 is 0 Å². The Morgan fingerprint density at radius 1 is 1.69 bits per heavy atom. The van der Waals surface area contributed by atoms with Gasteiger partial charge in [-0.3, -0.25) is 9.48 Å². The summed E-state index contributed by atoms with van der Waals surface area (Å²) in [4.78, 5) is 11.0. The molecule has 16 heavy (non-hydrogen) atoms. The van der Waals surface area contributed by atoms with Gasteiger partial charge in [0.15, 0.2) is 0 Å². The summed E-state index contributed by atoms with van der Waals surface area (Å²) in [5.41, 5.74) is 1.06. The zero-order chi connectivity index (χ0) is 12.0. The molecule has 0 aliphatic rings. The van der Waals surface area contributed by atoms with Gasteiger partial charge in [0.1, 0.15) is 6.04 Å². The summed E-state index contributed by atoms with van der Waals surface area (Å²) in [6, 6.07) is 1.43. The summed E-state index contributed by atoms with van der Waals surface area (Å²) in [5.74, 6) is -0.793. The summed E-state index contributed by atoms with van der Waals surface area (Å²) >= 11 is 0. The number of aliphatic carboxylic acids is 1. The quantitative estimate of drug-likeness (QED) is 0.727. The number of aryl methyl sites for hydroxylation is 2. The van der Waals surface area contributed by atoms with Crippen LogP contribution in [0.3, 0.4) is 0 Å². The second kappa shape index (κ2) is 6.27. The third kappa shape index (κ3) is 3.66. The first kappa shape index (κ1) is 12.7. The molecule has 1 unspecified atom stereocenters. The molecule has 1 aromatic rings. The van der Waals surface area contributed by atoms with E-state index in [0.717, 1.165) is 18.7 Å². The maximum Gasteiger partial charge on any atom is 0.320 e. The number of aromatic nitrogens is 2. The molecule has 5 heteroatoms. The van der Waals surface area contributed by atoms with Gasteiger partial charge in [0, 0.05) is 18.4 Å². The van der Waals surface area contributed by atoms with Crippen LogP contribution in [-0.4, -0.2) is 33.4 Å². The average molecular weight is 225 g/mol. The molecule has 0 bridgehead atoms. The number of nitrogens with zero attached hydrogens (tertiary/aromatic N) is 2. The van der Waals surface area contributed by atoms with Gasteiger partial charge in [-0.1, -0.05) is 6.92 Å². The molecule has 90 valence electrons. The zero-order valence-electron chi connectivity index (χ0n) is 9.81. The Labute approximate surface area is 95.5 Å². The fourth-order valence-corrected chi connectivity index (χ4v) is 1.52. The molecule has 0 aliphatic heterocycles.